The number of anilines is 1. The van der Waals surface area contributed by atoms with Crippen LogP contribution in [0.1, 0.15) is 28.9 Å². The Morgan fingerprint density at radius 2 is 2.10 bits per heavy atom. The van der Waals surface area contributed by atoms with Crippen molar-refractivity contribution in [2.45, 2.75) is 25.4 Å². The average Bonchev–Trinajstić information content (AvgIpc) is 2.40. The van der Waals surface area contributed by atoms with Crippen LogP contribution < -0.4 is 5.32 Å². The third-order valence-corrected chi connectivity index (χ3v) is 3.77. The molecule has 0 unspecified atom stereocenters. The van der Waals surface area contributed by atoms with Crippen LogP contribution in [-0.4, -0.2) is 58.3 Å². The number of hydrogen-bond acceptors (Lipinski definition) is 5. The van der Waals surface area contributed by atoms with E-state index in [1.54, 1.807) is 13.0 Å². The molecule has 1 aromatic heterocycles. The lowest BCUT2D eigenvalue weighted by molar-refractivity contribution is -0.00413. The second-order valence-electron chi connectivity index (χ2n) is 5.54. The fourth-order valence-electron chi connectivity index (χ4n) is 2.32. The molecule has 0 aromatic carbocycles. The third-order valence-electron chi connectivity index (χ3n) is 3.77. The van der Waals surface area contributed by atoms with Gasteiger partial charge in [-0.15, -0.1) is 0 Å². The summed E-state index contributed by atoms with van der Waals surface area (Å²) < 4.78 is 0. The highest BCUT2D eigenvalue weighted by atomic mass is 16.4. The molecule has 0 radical (unpaired) electrons. The van der Waals surface area contributed by atoms with E-state index in [2.05, 4.69) is 15.2 Å². The van der Waals surface area contributed by atoms with Crippen molar-refractivity contribution in [2.24, 2.45) is 0 Å². The van der Waals surface area contributed by atoms with Gasteiger partial charge in [-0.3, -0.25) is 0 Å². The molecule has 6 heteroatoms. The van der Waals surface area contributed by atoms with E-state index < -0.39 is 11.6 Å². The van der Waals surface area contributed by atoms with Crippen molar-refractivity contribution >= 4 is 11.8 Å². The molecule has 2 rings (SSSR count). The summed E-state index contributed by atoms with van der Waals surface area (Å²) in [5.74, 6) is -0.694. The number of likely N-dealkylation sites (tertiary alicyclic amines) is 1. The van der Waals surface area contributed by atoms with Crippen molar-refractivity contribution in [2.75, 3.05) is 32.0 Å². The summed E-state index contributed by atoms with van der Waals surface area (Å²) in [5.41, 5.74) is 0.0771. The fraction of sp³-hybridized carbons (Fsp3) is 0.571. The zero-order valence-corrected chi connectivity index (χ0v) is 11.9. The Kier molecular flexibility index (Phi) is 4.25. The van der Waals surface area contributed by atoms with Gasteiger partial charge in [0.15, 0.2) is 0 Å². The van der Waals surface area contributed by atoms with Gasteiger partial charge in [0.1, 0.15) is 11.4 Å². The van der Waals surface area contributed by atoms with E-state index >= 15 is 0 Å². The van der Waals surface area contributed by atoms with Crippen LogP contribution in [0.5, 0.6) is 0 Å². The van der Waals surface area contributed by atoms with E-state index in [-0.39, 0.29) is 5.56 Å². The zero-order chi connectivity index (χ0) is 14.8. The highest BCUT2D eigenvalue weighted by Gasteiger charge is 2.31. The summed E-state index contributed by atoms with van der Waals surface area (Å²) in [7, 11) is 2.03. The van der Waals surface area contributed by atoms with Crippen molar-refractivity contribution in [3.05, 3.63) is 23.4 Å². The number of nitrogens with zero attached hydrogens (tertiary/aromatic N) is 2. The van der Waals surface area contributed by atoms with Crippen LogP contribution in [0.2, 0.25) is 0 Å². The SMILES string of the molecule is Cc1ccc(C(=O)O)c(NCC2(O)CCN(C)CC2)n1. The smallest absolute Gasteiger partial charge is 0.339 e. The Bertz CT molecular complexity index is 496. The molecule has 110 valence electrons. The van der Waals surface area contributed by atoms with Gasteiger partial charge in [0, 0.05) is 25.3 Å². The van der Waals surface area contributed by atoms with Gasteiger partial charge in [0.2, 0.25) is 0 Å². The first-order valence-electron chi connectivity index (χ1n) is 6.75. The van der Waals surface area contributed by atoms with Crippen molar-refractivity contribution in [1.82, 2.24) is 9.88 Å². The highest BCUT2D eigenvalue weighted by Crippen LogP contribution is 2.23. The number of carboxylic acids is 1. The molecule has 1 aliphatic rings. The molecule has 0 spiro atoms. The topological polar surface area (TPSA) is 85.7 Å². The van der Waals surface area contributed by atoms with Crippen molar-refractivity contribution in [1.29, 1.82) is 0 Å². The van der Waals surface area contributed by atoms with Crippen LogP contribution in [0.4, 0.5) is 5.82 Å². The van der Waals surface area contributed by atoms with Crippen molar-refractivity contribution in [3.8, 4) is 0 Å². The molecule has 0 bridgehead atoms. The molecule has 20 heavy (non-hydrogen) atoms. The minimum atomic E-state index is -1.02. The van der Waals surface area contributed by atoms with Gasteiger partial charge in [-0.05, 0) is 38.9 Å². The Morgan fingerprint density at radius 3 is 2.70 bits per heavy atom. The number of nitrogens with one attached hydrogen (secondary N) is 1. The molecule has 0 aliphatic carbocycles. The summed E-state index contributed by atoms with van der Waals surface area (Å²) in [4.78, 5) is 17.5. The Balaban J connectivity index is 2.07. The largest absolute Gasteiger partial charge is 0.478 e. The molecule has 1 saturated heterocycles. The molecule has 2 heterocycles. The first-order chi connectivity index (χ1) is 9.39. The first-order valence-corrected chi connectivity index (χ1v) is 6.75. The summed E-state index contributed by atoms with van der Waals surface area (Å²) in [6.45, 7) is 3.80. The predicted molar refractivity (Wildman–Crippen MR) is 76.1 cm³/mol. The number of aryl methyl sites for hydroxylation is 1. The van der Waals surface area contributed by atoms with Gasteiger partial charge in [-0.2, -0.15) is 0 Å². The van der Waals surface area contributed by atoms with E-state index in [4.69, 9.17) is 5.11 Å². The number of piperidine rings is 1. The number of aromatic nitrogens is 1. The number of carbonyl (C=O) groups is 1. The van der Waals surface area contributed by atoms with Crippen LogP contribution >= 0.6 is 0 Å². The highest BCUT2D eigenvalue weighted by molar-refractivity contribution is 5.93. The van der Waals surface area contributed by atoms with Crippen LogP contribution in [0.3, 0.4) is 0 Å². The van der Waals surface area contributed by atoms with E-state index in [9.17, 15) is 9.90 Å². The lowest BCUT2D eigenvalue weighted by Gasteiger charge is -2.36. The molecule has 0 saturated carbocycles. The minimum absolute atomic E-state index is 0.132. The number of aliphatic hydroxyl groups is 1. The number of hydrogen-bond donors (Lipinski definition) is 3. The normalized spacial score (nSPS) is 18.8. The Morgan fingerprint density at radius 1 is 1.45 bits per heavy atom. The van der Waals surface area contributed by atoms with Gasteiger partial charge in [-0.1, -0.05) is 0 Å². The number of pyridine rings is 1. The first kappa shape index (κ1) is 14.7. The van der Waals surface area contributed by atoms with Crippen LogP contribution in [0.15, 0.2) is 12.1 Å². The maximum Gasteiger partial charge on any atom is 0.339 e. The second kappa shape index (κ2) is 5.76. The number of rotatable bonds is 4. The van der Waals surface area contributed by atoms with Crippen molar-refractivity contribution < 1.29 is 15.0 Å². The minimum Gasteiger partial charge on any atom is -0.478 e. The molecular formula is C14H21N3O3. The molecule has 1 aliphatic heterocycles. The van der Waals surface area contributed by atoms with Crippen LogP contribution in [0.25, 0.3) is 0 Å². The molecule has 1 aromatic rings. The molecule has 0 atom stereocenters. The third kappa shape index (κ3) is 3.46. The molecule has 1 fully saturated rings. The maximum absolute atomic E-state index is 11.2. The molecule has 6 nitrogen and oxygen atoms in total. The summed E-state index contributed by atoms with van der Waals surface area (Å²) in [6, 6.07) is 3.20. The van der Waals surface area contributed by atoms with Gasteiger partial charge in [-0.25, -0.2) is 9.78 Å². The van der Waals surface area contributed by atoms with Gasteiger partial charge < -0.3 is 20.4 Å². The maximum atomic E-state index is 11.2. The zero-order valence-electron chi connectivity index (χ0n) is 11.9. The molecular weight excluding hydrogens is 258 g/mol. The van der Waals surface area contributed by atoms with E-state index in [1.165, 1.54) is 6.07 Å². The lowest BCUT2D eigenvalue weighted by Crippen LogP contribution is -2.47. The fourth-order valence-corrected chi connectivity index (χ4v) is 2.32. The number of carboxylic acid groups (broad SMARTS) is 1. The van der Waals surface area contributed by atoms with E-state index in [0.29, 0.717) is 25.2 Å². The van der Waals surface area contributed by atoms with E-state index in [1.807, 2.05) is 7.05 Å². The average molecular weight is 279 g/mol. The van der Waals surface area contributed by atoms with Crippen LogP contribution in [-0.2, 0) is 0 Å². The Hall–Kier alpha value is -1.66. The molecule has 3 N–H and O–H groups in total. The quantitative estimate of drug-likeness (QED) is 0.761. The summed E-state index contributed by atoms with van der Waals surface area (Å²) in [6.07, 6.45) is 1.34. The Labute approximate surface area is 118 Å². The van der Waals surface area contributed by atoms with Gasteiger partial charge in [0.05, 0.1) is 5.60 Å². The van der Waals surface area contributed by atoms with Gasteiger partial charge >= 0.3 is 5.97 Å². The monoisotopic (exact) mass is 279 g/mol. The predicted octanol–water partition coefficient (Wildman–Crippen LogP) is 0.957. The lowest BCUT2D eigenvalue weighted by atomic mass is 9.91. The molecule has 0 amide bonds. The second-order valence-corrected chi connectivity index (χ2v) is 5.54. The van der Waals surface area contributed by atoms with Gasteiger partial charge in [0.25, 0.3) is 0 Å². The summed E-state index contributed by atoms with van der Waals surface area (Å²) >= 11 is 0. The standard InChI is InChI=1S/C14H21N3O3/c1-10-3-4-11(13(18)19)12(16-10)15-9-14(20)5-7-17(2)8-6-14/h3-4,20H,5-9H2,1-2H3,(H,15,16)(H,18,19). The number of aromatic carboxylic acids is 1. The van der Waals surface area contributed by atoms with E-state index in [0.717, 1.165) is 18.8 Å². The summed E-state index contributed by atoms with van der Waals surface area (Å²) in [5, 5.41) is 22.6. The van der Waals surface area contributed by atoms with Crippen LogP contribution in [0, 0.1) is 6.92 Å². The van der Waals surface area contributed by atoms with Crippen molar-refractivity contribution in [3.63, 3.8) is 0 Å².